The maximum absolute atomic E-state index is 12.1. The lowest BCUT2D eigenvalue weighted by Crippen LogP contribution is -2.59. The second-order valence-corrected chi connectivity index (χ2v) is 5.76. The minimum absolute atomic E-state index is 0.0926. The molecule has 19 heavy (non-hydrogen) atoms. The van der Waals surface area contributed by atoms with Crippen LogP contribution in [0.5, 0.6) is 0 Å². The predicted octanol–water partition coefficient (Wildman–Crippen LogP) is 1.31. The van der Waals surface area contributed by atoms with E-state index >= 15 is 0 Å². The number of methoxy groups -OCH3 is 1. The Balaban J connectivity index is 2.73. The van der Waals surface area contributed by atoms with Crippen LogP contribution in [0.2, 0.25) is 0 Å². The number of nitrogens with zero attached hydrogens (tertiary/aromatic N) is 1. The Kier molecular flexibility index (Phi) is 5.17. The second-order valence-electron chi connectivity index (χ2n) is 5.76. The van der Waals surface area contributed by atoms with Gasteiger partial charge in [-0.2, -0.15) is 0 Å². The van der Waals surface area contributed by atoms with Gasteiger partial charge >= 0.3 is 12.0 Å². The molecule has 1 saturated heterocycles. The van der Waals surface area contributed by atoms with E-state index in [-0.39, 0.29) is 12.1 Å². The highest BCUT2D eigenvalue weighted by atomic mass is 16.5. The molecule has 0 aromatic heterocycles. The van der Waals surface area contributed by atoms with Crippen molar-refractivity contribution in [1.82, 2.24) is 10.2 Å². The summed E-state index contributed by atoms with van der Waals surface area (Å²) >= 11 is 0. The molecule has 0 aromatic rings. The molecule has 1 rings (SSSR count). The minimum atomic E-state index is -0.945. The number of carboxylic acid groups (broad SMARTS) is 1. The minimum Gasteiger partial charge on any atom is -0.480 e. The van der Waals surface area contributed by atoms with Crippen molar-refractivity contribution in [1.29, 1.82) is 0 Å². The number of aliphatic carboxylic acids is 1. The molecule has 2 atom stereocenters. The van der Waals surface area contributed by atoms with E-state index in [0.29, 0.717) is 13.1 Å². The predicted molar refractivity (Wildman–Crippen MR) is 71.0 cm³/mol. The van der Waals surface area contributed by atoms with E-state index in [4.69, 9.17) is 4.74 Å². The summed E-state index contributed by atoms with van der Waals surface area (Å²) in [5.74, 6) is -0.945. The fourth-order valence-corrected chi connectivity index (χ4v) is 2.49. The summed E-state index contributed by atoms with van der Waals surface area (Å²) in [6.45, 7) is 6.48. The Hall–Kier alpha value is -1.30. The molecular weight excluding hydrogens is 248 g/mol. The van der Waals surface area contributed by atoms with Crippen molar-refractivity contribution in [2.75, 3.05) is 20.2 Å². The molecule has 2 unspecified atom stereocenters. The molecule has 1 fully saturated rings. The van der Waals surface area contributed by atoms with E-state index in [0.717, 1.165) is 12.8 Å². The number of hydrogen-bond donors (Lipinski definition) is 2. The smallest absolute Gasteiger partial charge is 0.327 e. The number of rotatable bonds is 4. The summed E-state index contributed by atoms with van der Waals surface area (Å²) < 4.78 is 5.05. The summed E-state index contributed by atoms with van der Waals surface area (Å²) in [5, 5.41) is 12.1. The molecule has 0 aromatic carbocycles. The maximum atomic E-state index is 12.1. The van der Waals surface area contributed by atoms with Gasteiger partial charge in [-0.3, -0.25) is 0 Å². The highest BCUT2D eigenvalue weighted by Crippen LogP contribution is 2.35. The van der Waals surface area contributed by atoms with Crippen molar-refractivity contribution in [2.24, 2.45) is 5.41 Å². The number of carbonyl (C=O) groups is 2. The van der Waals surface area contributed by atoms with E-state index < -0.39 is 17.4 Å². The number of carbonyl (C=O) groups excluding carboxylic acids is 1. The first-order valence-electron chi connectivity index (χ1n) is 6.59. The fraction of sp³-hybridized carbons (Fsp3) is 0.846. The van der Waals surface area contributed by atoms with Crippen LogP contribution < -0.4 is 5.32 Å². The molecule has 2 amide bonds. The van der Waals surface area contributed by atoms with Crippen LogP contribution in [0.25, 0.3) is 0 Å². The normalized spacial score (nSPS) is 23.8. The van der Waals surface area contributed by atoms with Gasteiger partial charge in [0, 0.05) is 20.2 Å². The average molecular weight is 272 g/mol. The van der Waals surface area contributed by atoms with Crippen molar-refractivity contribution in [3.05, 3.63) is 0 Å². The molecule has 0 aliphatic carbocycles. The Morgan fingerprint density at radius 1 is 1.53 bits per heavy atom. The number of piperidine rings is 1. The summed E-state index contributed by atoms with van der Waals surface area (Å²) in [7, 11) is 1.57. The van der Waals surface area contributed by atoms with Gasteiger partial charge in [0.25, 0.3) is 0 Å². The van der Waals surface area contributed by atoms with Crippen molar-refractivity contribution in [3.8, 4) is 0 Å². The molecular formula is C13H24N2O4. The monoisotopic (exact) mass is 272 g/mol. The van der Waals surface area contributed by atoms with E-state index in [2.05, 4.69) is 5.32 Å². The Morgan fingerprint density at radius 2 is 2.16 bits per heavy atom. The molecule has 0 saturated carbocycles. The number of amides is 2. The number of nitrogens with one attached hydrogen (secondary N) is 1. The Bertz CT molecular complexity index is 344. The zero-order valence-electron chi connectivity index (χ0n) is 12.1. The standard InChI is InChI=1S/C13H24N2O4/c1-9(19-4)8-14-12(18)15-7-5-6-13(2,3)10(15)11(16)17/h9-10H,5-8H2,1-4H3,(H,14,18)(H,16,17). The molecule has 6 nitrogen and oxygen atoms in total. The topological polar surface area (TPSA) is 78.9 Å². The lowest BCUT2D eigenvalue weighted by Gasteiger charge is -2.43. The number of carboxylic acids is 1. The van der Waals surface area contributed by atoms with Crippen molar-refractivity contribution < 1.29 is 19.4 Å². The van der Waals surface area contributed by atoms with Crippen LogP contribution in [-0.4, -0.2) is 54.4 Å². The summed E-state index contributed by atoms with van der Waals surface area (Å²) in [6.07, 6.45) is 1.54. The van der Waals surface area contributed by atoms with Crippen molar-refractivity contribution >= 4 is 12.0 Å². The van der Waals surface area contributed by atoms with Gasteiger partial charge in [-0.05, 0) is 25.2 Å². The third kappa shape index (κ3) is 3.83. The number of hydrogen-bond acceptors (Lipinski definition) is 3. The van der Waals surface area contributed by atoms with Crippen LogP contribution in [0.1, 0.15) is 33.6 Å². The fourth-order valence-electron chi connectivity index (χ4n) is 2.49. The molecule has 1 heterocycles. The zero-order valence-corrected chi connectivity index (χ0v) is 12.1. The van der Waals surface area contributed by atoms with Crippen LogP contribution >= 0.6 is 0 Å². The highest BCUT2D eigenvalue weighted by molar-refractivity contribution is 5.83. The average Bonchev–Trinajstić information content (AvgIpc) is 2.33. The van der Waals surface area contributed by atoms with Crippen LogP contribution in [0.3, 0.4) is 0 Å². The van der Waals surface area contributed by atoms with Gasteiger partial charge < -0.3 is 20.1 Å². The molecule has 2 N–H and O–H groups in total. The number of urea groups is 1. The Morgan fingerprint density at radius 3 is 2.68 bits per heavy atom. The largest absolute Gasteiger partial charge is 0.480 e. The first-order valence-corrected chi connectivity index (χ1v) is 6.59. The van der Waals surface area contributed by atoms with E-state index in [1.807, 2.05) is 20.8 Å². The lowest BCUT2D eigenvalue weighted by atomic mass is 9.76. The number of likely N-dealkylation sites (tertiary alicyclic amines) is 1. The summed E-state index contributed by atoms with van der Waals surface area (Å²) in [6, 6.07) is -1.11. The van der Waals surface area contributed by atoms with Gasteiger partial charge in [-0.25, -0.2) is 9.59 Å². The molecule has 110 valence electrons. The second kappa shape index (κ2) is 6.23. The summed E-state index contributed by atoms with van der Waals surface area (Å²) in [5.41, 5.74) is -0.408. The van der Waals surface area contributed by atoms with Crippen molar-refractivity contribution in [2.45, 2.75) is 45.8 Å². The quantitative estimate of drug-likeness (QED) is 0.808. The van der Waals surface area contributed by atoms with E-state index in [9.17, 15) is 14.7 Å². The van der Waals surface area contributed by atoms with Crippen LogP contribution in [0, 0.1) is 5.41 Å². The van der Waals surface area contributed by atoms with Crippen LogP contribution in [-0.2, 0) is 9.53 Å². The van der Waals surface area contributed by atoms with Gasteiger partial charge in [0.15, 0.2) is 0 Å². The van der Waals surface area contributed by atoms with Crippen LogP contribution in [0.4, 0.5) is 4.79 Å². The van der Waals surface area contributed by atoms with Gasteiger partial charge in [0.2, 0.25) is 0 Å². The first-order chi connectivity index (χ1) is 8.79. The van der Waals surface area contributed by atoms with Gasteiger partial charge in [-0.1, -0.05) is 13.8 Å². The SMILES string of the molecule is COC(C)CNC(=O)N1CCCC(C)(C)C1C(=O)O. The van der Waals surface area contributed by atoms with Gasteiger partial charge in [0.1, 0.15) is 6.04 Å². The molecule has 0 bridgehead atoms. The maximum Gasteiger partial charge on any atom is 0.327 e. The third-order valence-corrected chi connectivity index (χ3v) is 3.71. The highest BCUT2D eigenvalue weighted by Gasteiger charge is 2.44. The van der Waals surface area contributed by atoms with Crippen LogP contribution in [0.15, 0.2) is 0 Å². The summed E-state index contributed by atoms with van der Waals surface area (Å²) in [4.78, 5) is 25.0. The molecule has 6 heteroatoms. The molecule has 1 aliphatic rings. The van der Waals surface area contributed by atoms with Gasteiger partial charge in [-0.15, -0.1) is 0 Å². The number of ether oxygens (including phenoxy) is 1. The molecule has 0 radical (unpaired) electrons. The van der Waals surface area contributed by atoms with E-state index in [1.165, 1.54) is 4.90 Å². The van der Waals surface area contributed by atoms with E-state index in [1.54, 1.807) is 7.11 Å². The third-order valence-electron chi connectivity index (χ3n) is 3.71. The molecule has 1 aliphatic heterocycles. The lowest BCUT2D eigenvalue weighted by molar-refractivity contribution is -0.148. The first kappa shape index (κ1) is 15.8. The molecule has 0 spiro atoms. The van der Waals surface area contributed by atoms with Gasteiger partial charge in [0.05, 0.1) is 6.10 Å². The van der Waals surface area contributed by atoms with Crippen molar-refractivity contribution in [3.63, 3.8) is 0 Å². The zero-order chi connectivity index (χ0) is 14.6. The Labute approximate surface area is 114 Å².